The van der Waals surface area contributed by atoms with E-state index in [9.17, 15) is 0 Å². The first kappa shape index (κ1) is 15.8. The minimum atomic E-state index is 0.0348. The van der Waals surface area contributed by atoms with Gasteiger partial charge in [-0.3, -0.25) is 0 Å². The molecule has 0 bridgehead atoms. The molecule has 7 heteroatoms. The Morgan fingerprint density at radius 2 is 1.53 bits per heavy atom. The van der Waals surface area contributed by atoms with Crippen LogP contribution >= 0.6 is 0 Å². The van der Waals surface area contributed by atoms with E-state index in [2.05, 4.69) is 14.6 Å². The molecular weight excluding hydrogens is 280 g/mol. The molecule has 0 spiro atoms. The predicted molar refractivity (Wildman–Crippen MR) is 71.5 cm³/mol. The zero-order valence-electron chi connectivity index (χ0n) is 10.2. The van der Waals surface area contributed by atoms with Crippen LogP contribution in [0.4, 0.5) is 0 Å². The number of hydrogen-bond acceptors (Lipinski definition) is 3. The summed E-state index contributed by atoms with van der Waals surface area (Å²) in [5.74, 6) is 0.880. The van der Waals surface area contributed by atoms with Crippen LogP contribution in [-0.2, 0) is 12.3 Å². The zero-order chi connectivity index (χ0) is 12.2. The number of hydrogen-bond donors (Lipinski definition) is 0. The minimum Gasteiger partial charge on any atom is -0.435 e. The predicted octanol–water partition coefficient (Wildman–Crippen LogP) is 1.98. The van der Waals surface area contributed by atoms with E-state index in [1.807, 2.05) is 0 Å². The van der Waals surface area contributed by atoms with Crippen molar-refractivity contribution in [3.63, 3.8) is 0 Å². The van der Waals surface area contributed by atoms with Crippen molar-refractivity contribution in [2.75, 3.05) is 0 Å². The van der Waals surface area contributed by atoms with Crippen LogP contribution in [0.15, 0.2) is 0 Å². The van der Waals surface area contributed by atoms with Gasteiger partial charge < -0.3 is 12.3 Å². The molecule has 1 aliphatic carbocycles. The molecule has 0 aromatic rings. The molecule has 0 unspecified atom stereocenters. The molecule has 1 aliphatic rings. The van der Waals surface area contributed by atoms with Gasteiger partial charge in [0.15, 0.2) is 0 Å². The zero-order valence-corrected chi connectivity index (χ0v) is 14.2. The van der Waals surface area contributed by atoms with Crippen LogP contribution in [0.2, 0.25) is 6.04 Å². The summed E-state index contributed by atoms with van der Waals surface area (Å²) in [5.41, 5.74) is 0. The van der Waals surface area contributed by atoms with Gasteiger partial charge in [0.2, 0.25) is 20.2 Å². The maximum atomic E-state index is 5.48. The maximum Gasteiger partial charge on any atom is 0.411 e. The van der Waals surface area contributed by atoms with Gasteiger partial charge in [-0.05, 0) is 12.0 Å². The summed E-state index contributed by atoms with van der Waals surface area (Å²) in [4.78, 5) is 0. The van der Waals surface area contributed by atoms with Gasteiger partial charge in [0.1, 0.15) is 0 Å². The number of rotatable bonds is 7. The lowest BCUT2D eigenvalue weighted by Gasteiger charge is -2.14. The van der Waals surface area contributed by atoms with Gasteiger partial charge in [-0.25, -0.2) is 0 Å². The third kappa shape index (κ3) is 9.34. The average Bonchev–Trinajstić information content (AvgIpc) is 2.47. The molecule has 0 saturated heterocycles. The second kappa shape index (κ2) is 11.8. The summed E-state index contributed by atoms with van der Waals surface area (Å²) >= 11 is 0. The smallest absolute Gasteiger partial charge is 0.411 e. The highest BCUT2D eigenvalue weighted by molar-refractivity contribution is 6.44. The molecule has 0 aromatic carbocycles. The van der Waals surface area contributed by atoms with Crippen molar-refractivity contribution in [1.82, 2.24) is 0 Å². The van der Waals surface area contributed by atoms with Crippen molar-refractivity contribution < 1.29 is 12.3 Å². The van der Waals surface area contributed by atoms with E-state index in [0.29, 0.717) is 9.76 Å². The van der Waals surface area contributed by atoms with Crippen LogP contribution in [0.5, 0.6) is 0 Å². The lowest BCUT2D eigenvalue weighted by molar-refractivity contribution is 0.422. The highest BCUT2D eigenvalue weighted by Crippen LogP contribution is 2.24. The van der Waals surface area contributed by atoms with Gasteiger partial charge in [-0.15, -0.1) is 0 Å². The Kier molecular flexibility index (Phi) is 11.0. The molecule has 1 saturated carbocycles. The molecule has 17 heavy (non-hydrogen) atoms. The Morgan fingerprint density at radius 1 is 0.882 bits per heavy atom. The molecule has 0 amide bonds. The molecule has 0 atom stereocenters. The van der Waals surface area contributed by atoms with Crippen LogP contribution in [0.1, 0.15) is 51.4 Å². The quantitative estimate of drug-likeness (QED) is 0.531. The van der Waals surface area contributed by atoms with Gasteiger partial charge in [0.25, 0.3) is 0 Å². The van der Waals surface area contributed by atoms with E-state index in [-0.39, 0.29) is 20.0 Å². The second-order valence-corrected chi connectivity index (χ2v) is 7.87. The van der Waals surface area contributed by atoms with Gasteiger partial charge >= 0.3 is 20.0 Å². The van der Waals surface area contributed by atoms with Crippen molar-refractivity contribution in [2.45, 2.75) is 57.4 Å². The maximum absolute atomic E-state index is 5.48. The van der Waals surface area contributed by atoms with Crippen molar-refractivity contribution in [1.29, 1.82) is 0 Å². The largest absolute Gasteiger partial charge is 0.435 e. The van der Waals surface area contributed by atoms with E-state index in [1.54, 1.807) is 0 Å². The molecule has 93 valence electrons. The Labute approximate surface area is 116 Å². The molecule has 1 rings (SSSR count). The van der Waals surface area contributed by atoms with Crippen LogP contribution in [0.25, 0.3) is 0 Å². The fourth-order valence-corrected chi connectivity index (χ4v) is 4.60. The molecule has 9 radical (unpaired) electrons. The first-order chi connectivity index (χ1) is 8.43. The SMILES string of the molecule is [Si]O[Si]O[Si]O[Si]CC1CCCCCCCC1. The van der Waals surface area contributed by atoms with Crippen molar-refractivity contribution in [2.24, 2.45) is 5.92 Å². The van der Waals surface area contributed by atoms with Crippen molar-refractivity contribution in [3.8, 4) is 0 Å². The molecule has 1 fully saturated rings. The normalized spacial score (nSPS) is 19.6. The van der Waals surface area contributed by atoms with Crippen LogP contribution in [-0.4, -0.2) is 40.3 Å². The van der Waals surface area contributed by atoms with E-state index < -0.39 is 0 Å². The second-order valence-electron chi connectivity index (χ2n) is 4.39. The van der Waals surface area contributed by atoms with Crippen molar-refractivity contribution in [3.05, 3.63) is 0 Å². The fraction of sp³-hybridized carbons (Fsp3) is 1.00. The van der Waals surface area contributed by atoms with Gasteiger partial charge in [0.05, 0.1) is 0 Å². The topological polar surface area (TPSA) is 27.7 Å². The van der Waals surface area contributed by atoms with E-state index in [4.69, 9.17) is 8.23 Å². The monoisotopic (exact) mass is 299 g/mol. The van der Waals surface area contributed by atoms with Gasteiger partial charge in [-0.1, -0.05) is 51.4 Å². The highest BCUT2D eigenvalue weighted by atomic mass is 28.4. The summed E-state index contributed by atoms with van der Waals surface area (Å²) in [5, 5.41) is 0. The Bertz CT molecular complexity index is 164. The Balaban J connectivity index is 1.99. The standard InChI is InChI=1S/C10H19O3Si4/c14-11-16-13-17-12-15-9-10-7-5-3-1-2-4-6-8-10/h10H,1-9H2. The van der Waals surface area contributed by atoms with E-state index in [0.717, 1.165) is 5.92 Å². The van der Waals surface area contributed by atoms with Crippen LogP contribution < -0.4 is 0 Å². The van der Waals surface area contributed by atoms with Crippen molar-refractivity contribution >= 4 is 40.3 Å². The molecular formula is C10H19O3Si4. The summed E-state index contributed by atoms with van der Waals surface area (Å²) < 4.78 is 15.2. The third-order valence-corrected chi connectivity index (χ3v) is 5.74. The lowest BCUT2D eigenvalue weighted by Crippen LogP contribution is -2.14. The molecule has 3 nitrogen and oxygen atoms in total. The summed E-state index contributed by atoms with van der Waals surface area (Å²) in [6.45, 7) is 0. The molecule has 0 aromatic heterocycles. The Hall–Kier alpha value is 0.748. The lowest BCUT2D eigenvalue weighted by atomic mass is 9.99. The summed E-state index contributed by atoms with van der Waals surface area (Å²) in [6, 6.07) is 1.22. The van der Waals surface area contributed by atoms with Gasteiger partial charge in [0, 0.05) is 0 Å². The minimum absolute atomic E-state index is 0.0348. The van der Waals surface area contributed by atoms with Crippen LogP contribution in [0, 0.1) is 5.92 Å². The van der Waals surface area contributed by atoms with E-state index >= 15 is 0 Å². The van der Waals surface area contributed by atoms with Gasteiger partial charge in [-0.2, -0.15) is 0 Å². The first-order valence-electron chi connectivity index (χ1n) is 6.30. The van der Waals surface area contributed by atoms with E-state index in [1.165, 1.54) is 57.4 Å². The first-order valence-corrected chi connectivity index (χ1v) is 9.46. The summed E-state index contributed by atoms with van der Waals surface area (Å²) in [7, 11) is 3.63. The average molecular weight is 300 g/mol. The summed E-state index contributed by atoms with van der Waals surface area (Å²) in [6.07, 6.45) is 11.3. The molecule has 0 N–H and O–H groups in total. The molecule has 0 aliphatic heterocycles. The van der Waals surface area contributed by atoms with Crippen LogP contribution in [0.3, 0.4) is 0 Å². The fourth-order valence-electron chi connectivity index (χ4n) is 2.17. The molecule has 0 heterocycles. The highest BCUT2D eigenvalue weighted by Gasteiger charge is 2.11. The third-order valence-electron chi connectivity index (χ3n) is 3.09. The Morgan fingerprint density at radius 3 is 2.18 bits per heavy atom.